The molecule has 2 heteroatoms. The first-order chi connectivity index (χ1) is 6.24. The molecule has 0 fully saturated rings. The minimum absolute atomic E-state index is 0.574. The number of carbonyl (C=O) groups excluding carboxylic acids is 1. The van der Waals surface area contributed by atoms with E-state index >= 15 is 0 Å². The summed E-state index contributed by atoms with van der Waals surface area (Å²) in [6.45, 7) is 6.40. The lowest BCUT2D eigenvalue weighted by Gasteiger charge is -2.03. The van der Waals surface area contributed by atoms with E-state index in [-0.39, 0.29) is 0 Å². The van der Waals surface area contributed by atoms with Gasteiger partial charge in [-0.15, -0.1) is 0 Å². The maximum atomic E-state index is 10.1. The number of allylic oxidation sites excluding steroid dienone is 1. The first-order valence-corrected chi connectivity index (χ1v) is 4.16. The summed E-state index contributed by atoms with van der Waals surface area (Å²) < 4.78 is 0. The average molecular weight is 175 g/mol. The highest BCUT2D eigenvalue weighted by molar-refractivity contribution is 5.61. The predicted octanol–water partition coefficient (Wildman–Crippen LogP) is 1.97. The predicted molar refractivity (Wildman–Crippen MR) is 54.1 cm³/mol. The zero-order chi connectivity index (χ0) is 9.68. The molecule has 0 saturated heterocycles. The van der Waals surface area contributed by atoms with Gasteiger partial charge in [-0.1, -0.05) is 30.4 Å². The second kappa shape index (κ2) is 4.45. The Balaban J connectivity index is 2.79. The Morgan fingerprint density at radius 2 is 2.38 bits per heavy atom. The normalized spacial score (nSPS) is 9.31. The van der Waals surface area contributed by atoms with Gasteiger partial charge in [0.2, 0.25) is 6.41 Å². The van der Waals surface area contributed by atoms with E-state index in [1.54, 1.807) is 0 Å². The van der Waals surface area contributed by atoms with Crippen LogP contribution in [0, 0.1) is 0 Å². The molecule has 0 atom stereocenters. The van der Waals surface area contributed by atoms with Gasteiger partial charge in [0.1, 0.15) is 0 Å². The summed E-state index contributed by atoms with van der Waals surface area (Å²) in [7, 11) is 0. The summed E-state index contributed by atoms with van der Waals surface area (Å²) in [6.07, 6.45) is 0.702. The Bertz CT molecular complexity index is 318. The minimum Gasteiger partial charge on any atom is -0.355 e. The first-order valence-electron chi connectivity index (χ1n) is 4.16. The van der Waals surface area contributed by atoms with Crippen LogP contribution in [0.3, 0.4) is 0 Å². The van der Waals surface area contributed by atoms with E-state index in [2.05, 4.69) is 11.9 Å². The molecular weight excluding hydrogens is 162 g/mol. The molecule has 0 spiro atoms. The van der Waals surface area contributed by atoms with Crippen LogP contribution in [-0.4, -0.2) is 6.41 Å². The van der Waals surface area contributed by atoms with E-state index in [9.17, 15) is 4.79 Å². The molecule has 1 N–H and O–H groups in total. The van der Waals surface area contributed by atoms with Gasteiger partial charge in [0, 0.05) is 6.54 Å². The van der Waals surface area contributed by atoms with E-state index in [0.717, 1.165) is 16.7 Å². The van der Waals surface area contributed by atoms with Crippen LogP contribution in [0.2, 0.25) is 0 Å². The molecule has 1 aromatic rings. The molecule has 1 aromatic carbocycles. The lowest BCUT2D eigenvalue weighted by atomic mass is 10.1. The minimum atomic E-state index is 0.574. The van der Waals surface area contributed by atoms with Crippen LogP contribution < -0.4 is 5.32 Å². The molecule has 0 saturated carbocycles. The number of rotatable bonds is 4. The van der Waals surface area contributed by atoms with Crippen molar-refractivity contribution >= 4 is 12.0 Å². The van der Waals surface area contributed by atoms with Crippen molar-refractivity contribution in [2.24, 2.45) is 0 Å². The summed E-state index contributed by atoms with van der Waals surface area (Å²) >= 11 is 0. The standard InChI is InChI=1S/C11H13NO/c1-9(2)11-5-3-4-10(6-11)7-12-8-13/h3-6,8H,1,7H2,2H3,(H,12,13). The molecule has 68 valence electrons. The van der Waals surface area contributed by atoms with Crippen molar-refractivity contribution in [1.82, 2.24) is 5.32 Å². The Hall–Kier alpha value is -1.57. The lowest BCUT2D eigenvalue weighted by Crippen LogP contribution is -2.09. The van der Waals surface area contributed by atoms with Crippen LogP contribution in [0.25, 0.3) is 5.57 Å². The summed E-state index contributed by atoms with van der Waals surface area (Å²) in [5, 5.41) is 2.62. The molecule has 0 aromatic heterocycles. The van der Waals surface area contributed by atoms with Crippen LogP contribution in [-0.2, 0) is 11.3 Å². The van der Waals surface area contributed by atoms with Crippen molar-refractivity contribution in [2.45, 2.75) is 13.5 Å². The highest BCUT2D eigenvalue weighted by Crippen LogP contribution is 2.12. The quantitative estimate of drug-likeness (QED) is 0.696. The summed E-state index contributed by atoms with van der Waals surface area (Å²) in [4.78, 5) is 10.1. The monoisotopic (exact) mass is 175 g/mol. The van der Waals surface area contributed by atoms with Crippen LogP contribution in [0.5, 0.6) is 0 Å². The Labute approximate surface area is 78.3 Å². The number of amides is 1. The van der Waals surface area contributed by atoms with Crippen LogP contribution in [0.4, 0.5) is 0 Å². The Morgan fingerprint density at radius 3 is 3.00 bits per heavy atom. The van der Waals surface area contributed by atoms with E-state index in [1.807, 2.05) is 31.2 Å². The van der Waals surface area contributed by atoms with E-state index in [0.29, 0.717) is 13.0 Å². The van der Waals surface area contributed by atoms with Crippen molar-refractivity contribution in [3.8, 4) is 0 Å². The number of benzene rings is 1. The van der Waals surface area contributed by atoms with Gasteiger partial charge in [-0.2, -0.15) is 0 Å². The molecule has 2 nitrogen and oxygen atoms in total. The third-order valence-electron chi connectivity index (χ3n) is 1.81. The zero-order valence-corrected chi connectivity index (χ0v) is 7.71. The van der Waals surface area contributed by atoms with Crippen LogP contribution in [0.1, 0.15) is 18.1 Å². The molecule has 0 aliphatic rings. The number of hydrogen-bond acceptors (Lipinski definition) is 1. The molecule has 0 aliphatic heterocycles. The zero-order valence-electron chi connectivity index (χ0n) is 7.71. The topological polar surface area (TPSA) is 29.1 Å². The lowest BCUT2D eigenvalue weighted by molar-refractivity contribution is -0.109. The van der Waals surface area contributed by atoms with Crippen LogP contribution in [0.15, 0.2) is 30.8 Å². The average Bonchev–Trinajstić information content (AvgIpc) is 2.15. The van der Waals surface area contributed by atoms with Gasteiger partial charge in [0.25, 0.3) is 0 Å². The number of nitrogens with one attached hydrogen (secondary N) is 1. The fourth-order valence-electron chi connectivity index (χ4n) is 1.11. The fraction of sp³-hybridized carbons (Fsp3) is 0.182. The molecular formula is C11H13NO. The smallest absolute Gasteiger partial charge is 0.207 e. The summed E-state index contributed by atoms with van der Waals surface area (Å²) in [6, 6.07) is 7.97. The van der Waals surface area contributed by atoms with Crippen molar-refractivity contribution in [3.63, 3.8) is 0 Å². The number of carbonyl (C=O) groups is 1. The third kappa shape index (κ3) is 2.75. The van der Waals surface area contributed by atoms with Gasteiger partial charge in [-0.3, -0.25) is 4.79 Å². The maximum Gasteiger partial charge on any atom is 0.207 e. The Morgan fingerprint density at radius 1 is 1.62 bits per heavy atom. The molecule has 1 rings (SSSR count). The molecule has 0 heterocycles. The molecule has 1 amide bonds. The SMILES string of the molecule is C=C(C)c1cccc(CNC=O)c1. The molecule has 13 heavy (non-hydrogen) atoms. The van der Waals surface area contributed by atoms with Gasteiger partial charge in [0.05, 0.1) is 0 Å². The van der Waals surface area contributed by atoms with Gasteiger partial charge in [-0.25, -0.2) is 0 Å². The van der Waals surface area contributed by atoms with Gasteiger partial charge >= 0.3 is 0 Å². The maximum absolute atomic E-state index is 10.1. The second-order valence-electron chi connectivity index (χ2n) is 2.98. The van der Waals surface area contributed by atoms with E-state index in [4.69, 9.17) is 0 Å². The van der Waals surface area contributed by atoms with Crippen molar-refractivity contribution < 1.29 is 4.79 Å². The molecule has 0 bridgehead atoms. The fourth-order valence-corrected chi connectivity index (χ4v) is 1.11. The second-order valence-corrected chi connectivity index (χ2v) is 2.98. The van der Waals surface area contributed by atoms with E-state index in [1.165, 1.54) is 0 Å². The Kier molecular flexibility index (Phi) is 3.26. The van der Waals surface area contributed by atoms with Gasteiger partial charge < -0.3 is 5.32 Å². The number of hydrogen-bond donors (Lipinski definition) is 1. The summed E-state index contributed by atoms with van der Waals surface area (Å²) in [5.74, 6) is 0. The first kappa shape index (κ1) is 9.52. The van der Waals surface area contributed by atoms with Gasteiger partial charge in [-0.05, 0) is 24.1 Å². The van der Waals surface area contributed by atoms with Crippen LogP contribution >= 0.6 is 0 Å². The highest BCUT2D eigenvalue weighted by Gasteiger charge is 1.95. The molecule has 0 aliphatic carbocycles. The van der Waals surface area contributed by atoms with Crippen molar-refractivity contribution in [3.05, 3.63) is 42.0 Å². The van der Waals surface area contributed by atoms with E-state index < -0.39 is 0 Å². The molecule has 0 unspecified atom stereocenters. The van der Waals surface area contributed by atoms with Crippen molar-refractivity contribution in [1.29, 1.82) is 0 Å². The van der Waals surface area contributed by atoms with Crippen molar-refractivity contribution in [2.75, 3.05) is 0 Å². The summed E-state index contributed by atoms with van der Waals surface area (Å²) in [5.41, 5.74) is 3.24. The third-order valence-corrected chi connectivity index (χ3v) is 1.81. The molecule has 0 radical (unpaired) electrons. The highest BCUT2D eigenvalue weighted by atomic mass is 16.1. The largest absolute Gasteiger partial charge is 0.355 e. The van der Waals surface area contributed by atoms with Gasteiger partial charge in [0.15, 0.2) is 0 Å².